The van der Waals surface area contributed by atoms with Gasteiger partial charge in [-0.15, -0.1) is 0 Å². The smallest absolute Gasteiger partial charge is 0.321 e. The highest BCUT2D eigenvalue weighted by atomic mass is 19.1. The zero-order valence-electron chi connectivity index (χ0n) is 16.8. The molecule has 0 saturated carbocycles. The quantitative estimate of drug-likeness (QED) is 0.505. The summed E-state index contributed by atoms with van der Waals surface area (Å²) in [7, 11) is 0. The molecule has 0 amide bonds. The second-order valence-corrected chi connectivity index (χ2v) is 7.84. The zero-order valence-corrected chi connectivity index (χ0v) is 16.8. The van der Waals surface area contributed by atoms with E-state index in [2.05, 4.69) is 5.32 Å². The molecule has 0 radical (unpaired) electrons. The number of carboxylic acid groups (broad SMARTS) is 1. The molecule has 30 heavy (non-hydrogen) atoms. The molecular weight excluding hydrogens is 391 g/mol. The van der Waals surface area contributed by atoms with Gasteiger partial charge in [-0.25, -0.2) is 4.39 Å². The fraction of sp³-hybridized carbons (Fsp3) is 0.409. The first-order valence-corrected chi connectivity index (χ1v) is 9.83. The summed E-state index contributed by atoms with van der Waals surface area (Å²) in [4.78, 5) is 23.7. The first-order valence-electron chi connectivity index (χ1n) is 9.83. The van der Waals surface area contributed by atoms with Crippen molar-refractivity contribution in [3.63, 3.8) is 0 Å². The van der Waals surface area contributed by atoms with Crippen LogP contribution in [0, 0.1) is 27.8 Å². The van der Waals surface area contributed by atoms with Crippen molar-refractivity contribution in [1.82, 2.24) is 5.32 Å². The van der Waals surface area contributed by atoms with Crippen LogP contribution in [0.15, 0.2) is 54.6 Å². The minimum atomic E-state index is -1.21. The SMILES string of the molecule is CC(C)C(OCc1ccccc1F)C1C(C(=O)O)NC(c2ccccc2)C1[N+](=O)[O-]. The van der Waals surface area contributed by atoms with Crippen molar-refractivity contribution in [2.75, 3.05) is 0 Å². The number of nitrogens with zero attached hydrogens (tertiary/aromatic N) is 1. The van der Waals surface area contributed by atoms with Gasteiger partial charge in [0.05, 0.1) is 18.6 Å². The third kappa shape index (κ3) is 4.49. The topological polar surface area (TPSA) is 102 Å². The van der Waals surface area contributed by atoms with Crippen LogP contribution in [0.3, 0.4) is 0 Å². The molecule has 3 rings (SSSR count). The predicted octanol–water partition coefficient (Wildman–Crippen LogP) is 3.43. The molecule has 1 saturated heterocycles. The van der Waals surface area contributed by atoms with Crippen LogP contribution in [0.25, 0.3) is 0 Å². The summed E-state index contributed by atoms with van der Waals surface area (Å²) in [6.45, 7) is 3.54. The highest BCUT2D eigenvalue weighted by Crippen LogP contribution is 2.39. The van der Waals surface area contributed by atoms with Crippen molar-refractivity contribution >= 4 is 5.97 Å². The van der Waals surface area contributed by atoms with E-state index in [1.165, 1.54) is 6.07 Å². The van der Waals surface area contributed by atoms with Gasteiger partial charge in [0.2, 0.25) is 6.04 Å². The molecule has 160 valence electrons. The lowest BCUT2D eigenvalue weighted by Crippen LogP contribution is -2.47. The van der Waals surface area contributed by atoms with Crippen molar-refractivity contribution < 1.29 is 24.0 Å². The van der Waals surface area contributed by atoms with Crippen LogP contribution in [0.4, 0.5) is 4.39 Å². The molecule has 7 nitrogen and oxygen atoms in total. The van der Waals surface area contributed by atoms with Crippen LogP contribution in [-0.4, -0.2) is 34.2 Å². The summed E-state index contributed by atoms with van der Waals surface area (Å²) in [6, 6.07) is 11.8. The standard InChI is InChI=1S/C22H25FN2O5/c1-13(2)21(30-12-15-10-6-7-11-16(15)23)17-19(22(26)27)24-18(20(17)25(28)29)14-8-4-3-5-9-14/h3-11,13,17-21,24H,12H2,1-2H3,(H,26,27). The van der Waals surface area contributed by atoms with Gasteiger partial charge in [0.1, 0.15) is 17.9 Å². The van der Waals surface area contributed by atoms with Crippen molar-refractivity contribution in [3.05, 3.63) is 81.7 Å². The first kappa shape index (κ1) is 21.9. The number of carboxylic acids is 1. The van der Waals surface area contributed by atoms with E-state index in [0.717, 1.165) is 0 Å². The Labute approximate surface area is 174 Å². The normalized spacial score (nSPS) is 24.7. The summed E-state index contributed by atoms with van der Waals surface area (Å²) in [5.74, 6) is -2.77. The van der Waals surface area contributed by atoms with Gasteiger partial charge in [-0.3, -0.25) is 20.2 Å². The Morgan fingerprint density at radius 1 is 1.20 bits per heavy atom. The minimum Gasteiger partial charge on any atom is -0.480 e. The van der Waals surface area contributed by atoms with Gasteiger partial charge in [0.15, 0.2) is 0 Å². The maximum Gasteiger partial charge on any atom is 0.321 e. The van der Waals surface area contributed by atoms with Crippen LogP contribution in [0.5, 0.6) is 0 Å². The lowest BCUT2D eigenvalue weighted by molar-refractivity contribution is -0.535. The van der Waals surface area contributed by atoms with Crippen LogP contribution in [-0.2, 0) is 16.1 Å². The van der Waals surface area contributed by atoms with E-state index in [1.54, 1.807) is 48.5 Å². The highest BCUT2D eigenvalue weighted by Gasteiger charge is 2.57. The Balaban J connectivity index is 1.95. The van der Waals surface area contributed by atoms with Gasteiger partial charge in [0, 0.05) is 10.5 Å². The second kappa shape index (κ2) is 9.32. The fourth-order valence-electron chi connectivity index (χ4n) is 4.21. The van der Waals surface area contributed by atoms with E-state index in [4.69, 9.17) is 4.74 Å². The molecule has 1 heterocycles. The monoisotopic (exact) mass is 416 g/mol. The molecule has 8 heteroatoms. The number of ether oxygens (including phenoxy) is 1. The molecule has 1 fully saturated rings. The maximum atomic E-state index is 14.0. The number of benzene rings is 2. The average molecular weight is 416 g/mol. The van der Waals surface area contributed by atoms with Gasteiger partial charge >= 0.3 is 5.97 Å². The molecule has 1 aliphatic heterocycles. The zero-order chi connectivity index (χ0) is 21.8. The minimum absolute atomic E-state index is 0.0984. The summed E-state index contributed by atoms with van der Waals surface area (Å²) in [5, 5.41) is 24.8. The Kier molecular flexibility index (Phi) is 6.79. The predicted molar refractivity (Wildman–Crippen MR) is 108 cm³/mol. The van der Waals surface area contributed by atoms with Crippen LogP contribution in [0.1, 0.15) is 31.0 Å². The Bertz CT molecular complexity index is 892. The summed E-state index contributed by atoms with van der Waals surface area (Å²) in [6.07, 6.45) is -0.762. The van der Waals surface area contributed by atoms with Crippen LogP contribution >= 0.6 is 0 Å². The van der Waals surface area contributed by atoms with Crippen molar-refractivity contribution in [2.45, 2.75) is 44.7 Å². The first-order chi connectivity index (χ1) is 14.3. The van der Waals surface area contributed by atoms with Crippen LogP contribution < -0.4 is 5.32 Å². The number of halogens is 1. The number of nitrogens with one attached hydrogen (secondary N) is 1. The third-order valence-electron chi connectivity index (χ3n) is 5.57. The molecular formula is C22H25FN2O5. The molecule has 5 atom stereocenters. The van der Waals surface area contributed by atoms with Gasteiger partial charge in [-0.1, -0.05) is 62.4 Å². The average Bonchev–Trinajstić information content (AvgIpc) is 3.11. The van der Waals surface area contributed by atoms with E-state index >= 15 is 0 Å². The molecule has 0 aromatic heterocycles. The van der Waals surface area contributed by atoms with Gasteiger partial charge < -0.3 is 9.84 Å². The third-order valence-corrected chi connectivity index (χ3v) is 5.57. The number of rotatable bonds is 8. The van der Waals surface area contributed by atoms with E-state index < -0.39 is 46.9 Å². The van der Waals surface area contributed by atoms with E-state index in [9.17, 15) is 24.4 Å². The van der Waals surface area contributed by atoms with Crippen LogP contribution in [0.2, 0.25) is 0 Å². The number of hydrogen-bond donors (Lipinski definition) is 2. The lowest BCUT2D eigenvalue weighted by Gasteiger charge is -2.30. The Hall–Kier alpha value is -2.84. The molecule has 1 aliphatic rings. The second-order valence-electron chi connectivity index (χ2n) is 7.84. The molecule has 5 unspecified atom stereocenters. The lowest BCUT2D eigenvalue weighted by atomic mass is 9.82. The fourth-order valence-corrected chi connectivity index (χ4v) is 4.21. The summed E-state index contributed by atoms with van der Waals surface area (Å²) in [5.41, 5.74) is 0.961. The van der Waals surface area contributed by atoms with Crippen molar-refractivity contribution in [2.24, 2.45) is 11.8 Å². The number of hydrogen-bond acceptors (Lipinski definition) is 5. The van der Waals surface area contributed by atoms with E-state index in [1.807, 2.05) is 13.8 Å². The number of carbonyl (C=O) groups is 1. The summed E-state index contributed by atoms with van der Waals surface area (Å²) < 4.78 is 20.0. The number of nitro groups is 1. The summed E-state index contributed by atoms with van der Waals surface area (Å²) >= 11 is 0. The Morgan fingerprint density at radius 2 is 1.83 bits per heavy atom. The van der Waals surface area contributed by atoms with Gasteiger partial charge in [-0.05, 0) is 17.5 Å². The van der Waals surface area contributed by atoms with Gasteiger partial charge in [0.25, 0.3) is 0 Å². The van der Waals surface area contributed by atoms with E-state index in [-0.39, 0.29) is 12.5 Å². The molecule has 0 bridgehead atoms. The molecule has 2 aromatic carbocycles. The molecule has 0 aliphatic carbocycles. The molecule has 2 N–H and O–H groups in total. The van der Waals surface area contributed by atoms with Crippen molar-refractivity contribution in [1.29, 1.82) is 0 Å². The largest absolute Gasteiger partial charge is 0.480 e. The Morgan fingerprint density at radius 3 is 2.40 bits per heavy atom. The van der Waals surface area contributed by atoms with Gasteiger partial charge in [-0.2, -0.15) is 0 Å². The number of aliphatic carboxylic acids is 1. The molecule has 0 spiro atoms. The van der Waals surface area contributed by atoms with Crippen molar-refractivity contribution in [3.8, 4) is 0 Å². The highest BCUT2D eigenvalue weighted by molar-refractivity contribution is 5.75. The molecule has 2 aromatic rings. The van der Waals surface area contributed by atoms with E-state index in [0.29, 0.717) is 11.1 Å². The maximum absolute atomic E-state index is 14.0.